The molecule has 0 spiro atoms. The van der Waals surface area contributed by atoms with E-state index in [9.17, 15) is 4.79 Å². The summed E-state index contributed by atoms with van der Waals surface area (Å²) in [5, 5.41) is 7.47. The molecule has 0 radical (unpaired) electrons. The molecular weight excluding hydrogens is 383 g/mol. The van der Waals surface area contributed by atoms with E-state index in [0.29, 0.717) is 33.0 Å². The highest BCUT2D eigenvalue weighted by atomic mass is 35.5. The van der Waals surface area contributed by atoms with Gasteiger partial charge < -0.3 is 10.6 Å². The molecular formula is C20H24Cl2N4O. The minimum atomic E-state index is -0.253. The summed E-state index contributed by atoms with van der Waals surface area (Å²) in [5.41, 5.74) is 3.96. The standard InChI is InChI=1S/C20H24Cl2N4O/c1-12-10-26(5-4-23-12)11-16-6-17(21)8-19(13(16)2)25-20(27)15-7-18(22)14(3)24-9-15/h6-9,12,23H,4-5,10-11H2,1-3H3,(H,25,27). The van der Waals surface area contributed by atoms with Crippen molar-refractivity contribution >= 4 is 34.8 Å². The van der Waals surface area contributed by atoms with Gasteiger partial charge in [-0.3, -0.25) is 14.7 Å². The summed E-state index contributed by atoms with van der Waals surface area (Å²) < 4.78 is 0. The third-order valence-corrected chi connectivity index (χ3v) is 5.46. The van der Waals surface area contributed by atoms with Gasteiger partial charge in [0, 0.05) is 49.1 Å². The zero-order chi connectivity index (χ0) is 19.6. The van der Waals surface area contributed by atoms with Crippen LogP contribution < -0.4 is 10.6 Å². The number of anilines is 1. The molecule has 1 aliphatic heterocycles. The Morgan fingerprint density at radius 1 is 1.33 bits per heavy atom. The number of amides is 1. The number of piperazine rings is 1. The van der Waals surface area contributed by atoms with Crippen LogP contribution in [-0.2, 0) is 6.54 Å². The summed E-state index contributed by atoms with van der Waals surface area (Å²) in [7, 11) is 0. The van der Waals surface area contributed by atoms with Crippen molar-refractivity contribution in [2.24, 2.45) is 0 Å². The van der Waals surface area contributed by atoms with Crippen LogP contribution in [-0.4, -0.2) is 41.5 Å². The van der Waals surface area contributed by atoms with Gasteiger partial charge in [0.05, 0.1) is 16.3 Å². The third-order valence-electron chi connectivity index (χ3n) is 4.86. The number of hydrogen-bond donors (Lipinski definition) is 2. The fraction of sp³-hybridized carbons (Fsp3) is 0.400. The van der Waals surface area contributed by atoms with E-state index in [2.05, 4.69) is 27.4 Å². The van der Waals surface area contributed by atoms with Crippen LogP contribution in [0.3, 0.4) is 0 Å². The monoisotopic (exact) mass is 406 g/mol. The molecule has 0 saturated carbocycles. The van der Waals surface area contributed by atoms with Gasteiger partial charge in [-0.05, 0) is 50.1 Å². The maximum Gasteiger partial charge on any atom is 0.257 e. The van der Waals surface area contributed by atoms with Crippen LogP contribution in [0.25, 0.3) is 0 Å². The molecule has 1 amide bonds. The Hall–Kier alpha value is -1.66. The van der Waals surface area contributed by atoms with Gasteiger partial charge in [0.1, 0.15) is 0 Å². The summed E-state index contributed by atoms with van der Waals surface area (Å²) in [4.78, 5) is 19.2. The van der Waals surface area contributed by atoms with Crippen LogP contribution in [0.2, 0.25) is 10.0 Å². The van der Waals surface area contributed by atoms with E-state index in [-0.39, 0.29) is 5.91 Å². The second-order valence-corrected chi connectivity index (χ2v) is 7.92. The summed E-state index contributed by atoms with van der Waals surface area (Å²) >= 11 is 12.4. The molecule has 0 bridgehead atoms. The Labute approximate surface area is 170 Å². The highest BCUT2D eigenvalue weighted by Crippen LogP contribution is 2.27. The SMILES string of the molecule is Cc1ncc(C(=O)Nc2cc(Cl)cc(CN3CCNC(C)C3)c2C)cc1Cl. The lowest BCUT2D eigenvalue weighted by Gasteiger charge is -2.32. The molecule has 0 aliphatic carbocycles. The summed E-state index contributed by atoms with van der Waals surface area (Å²) in [6.07, 6.45) is 1.53. The average molecular weight is 407 g/mol. The minimum Gasteiger partial charge on any atom is -0.322 e. The number of benzene rings is 1. The number of aryl methyl sites for hydroxylation is 1. The molecule has 1 fully saturated rings. The van der Waals surface area contributed by atoms with E-state index in [1.807, 2.05) is 13.0 Å². The molecule has 1 aromatic heterocycles. The van der Waals surface area contributed by atoms with Crippen LogP contribution in [0.1, 0.15) is 34.1 Å². The summed E-state index contributed by atoms with van der Waals surface area (Å²) in [5.74, 6) is -0.253. The summed E-state index contributed by atoms with van der Waals surface area (Å²) in [6, 6.07) is 5.85. The van der Waals surface area contributed by atoms with E-state index in [1.165, 1.54) is 6.20 Å². The summed E-state index contributed by atoms with van der Waals surface area (Å²) in [6.45, 7) is 9.75. The first-order valence-electron chi connectivity index (χ1n) is 9.01. The zero-order valence-electron chi connectivity index (χ0n) is 15.8. The lowest BCUT2D eigenvalue weighted by molar-refractivity contribution is 0.102. The first-order valence-corrected chi connectivity index (χ1v) is 9.77. The number of hydrogen-bond acceptors (Lipinski definition) is 4. The van der Waals surface area contributed by atoms with Gasteiger partial charge >= 0.3 is 0 Å². The Bertz CT molecular complexity index is 856. The Morgan fingerprint density at radius 3 is 2.81 bits per heavy atom. The van der Waals surface area contributed by atoms with E-state index < -0.39 is 0 Å². The Balaban J connectivity index is 1.80. The van der Waals surface area contributed by atoms with E-state index in [4.69, 9.17) is 23.2 Å². The number of pyridine rings is 1. The van der Waals surface area contributed by atoms with Gasteiger partial charge in [0.2, 0.25) is 0 Å². The third kappa shape index (κ3) is 4.99. The number of nitrogens with one attached hydrogen (secondary N) is 2. The second kappa shape index (κ2) is 8.57. The maximum absolute atomic E-state index is 12.6. The van der Waals surface area contributed by atoms with Gasteiger partial charge in [-0.2, -0.15) is 0 Å². The van der Waals surface area contributed by atoms with Crippen molar-refractivity contribution in [3.05, 3.63) is 56.8 Å². The Kier molecular flexibility index (Phi) is 6.37. The molecule has 144 valence electrons. The van der Waals surface area contributed by atoms with Gasteiger partial charge in [-0.25, -0.2) is 0 Å². The molecule has 2 aromatic rings. The van der Waals surface area contributed by atoms with Gasteiger partial charge in [0.15, 0.2) is 0 Å². The van der Waals surface area contributed by atoms with Crippen molar-refractivity contribution in [2.75, 3.05) is 25.0 Å². The van der Waals surface area contributed by atoms with Gasteiger partial charge in [-0.15, -0.1) is 0 Å². The van der Waals surface area contributed by atoms with E-state index in [0.717, 1.165) is 37.3 Å². The highest BCUT2D eigenvalue weighted by Gasteiger charge is 2.18. The Morgan fingerprint density at radius 2 is 2.11 bits per heavy atom. The largest absolute Gasteiger partial charge is 0.322 e. The molecule has 1 aromatic carbocycles. The first-order chi connectivity index (χ1) is 12.8. The lowest BCUT2D eigenvalue weighted by atomic mass is 10.0. The number of carbonyl (C=O) groups excluding carboxylic acids is 1. The van der Waals surface area contributed by atoms with E-state index >= 15 is 0 Å². The quantitative estimate of drug-likeness (QED) is 0.803. The van der Waals surface area contributed by atoms with Crippen molar-refractivity contribution in [3.8, 4) is 0 Å². The van der Waals surface area contributed by atoms with Crippen LogP contribution in [0, 0.1) is 13.8 Å². The molecule has 2 heterocycles. The van der Waals surface area contributed by atoms with Crippen molar-refractivity contribution in [3.63, 3.8) is 0 Å². The second-order valence-electron chi connectivity index (χ2n) is 7.07. The molecule has 2 N–H and O–H groups in total. The molecule has 1 aliphatic rings. The van der Waals surface area contributed by atoms with Crippen molar-refractivity contribution in [1.82, 2.24) is 15.2 Å². The normalized spacial score (nSPS) is 17.7. The molecule has 1 unspecified atom stereocenters. The predicted molar refractivity (Wildman–Crippen MR) is 111 cm³/mol. The fourth-order valence-electron chi connectivity index (χ4n) is 3.25. The smallest absolute Gasteiger partial charge is 0.257 e. The number of carbonyl (C=O) groups is 1. The van der Waals surface area contributed by atoms with E-state index in [1.54, 1.807) is 19.1 Å². The van der Waals surface area contributed by atoms with Crippen LogP contribution in [0.4, 0.5) is 5.69 Å². The molecule has 3 rings (SSSR count). The van der Waals surface area contributed by atoms with Gasteiger partial charge in [0.25, 0.3) is 5.91 Å². The molecule has 1 saturated heterocycles. The first kappa shape index (κ1) is 20.1. The number of halogens is 2. The molecule has 27 heavy (non-hydrogen) atoms. The number of rotatable bonds is 4. The topological polar surface area (TPSA) is 57.3 Å². The van der Waals surface area contributed by atoms with Crippen LogP contribution in [0.5, 0.6) is 0 Å². The van der Waals surface area contributed by atoms with Crippen molar-refractivity contribution in [1.29, 1.82) is 0 Å². The minimum absolute atomic E-state index is 0.253. The van der Waals surface area contributed by atoms with Crippen LogP contribution >= 0.6 is 23.2 Å². The number of nitrogens with zero attached hydrogens (tertiary/aromatic N) is 2. The molecule has 5 nitrogen and oxygen atoms in total. The van der Waals surface area contributed by atoms with Crippen LogP contribution in [0.15, 0.2) is 24.4 Å². The molecule has 7 heteroatoms. The van der Waals surface area contributed by atoms with Gasteiger partial charge in [-0.1, -0.05) is 23.2 Å². The number of aromatic nitrogens is 1. The highest BCUT2D eigenvalue weighted by molar-refractivity contribution is 6.32. The zero-order valence-corrected chi connectivity index (χ0v) is 17.3. The van der Waals surface area contributed by atoms with Crippen molar-refractivity contribution < 1.29 is 4.79 Å². The van der Waals surface area contributed by atoms with Crippen molar-refractivity contribution in [2.45, 2.75) is 33.4 Å². The lowest BCUT2D eigenvalue weighted by Crippen LogP contribution is -2.48. The predicted octanol–water partition coefficient (Wildman–Crippen LogP) is 4.05. The average Bonchev–Trinajstić information content (AvgIpc) is 2.61. The molecule has 1 atom stereocenters. The fourth-order valence-corrected chi connectivity index (χ4v) is 3.66. The maximum atomic E-state index is 12.6.